The predicted octanol–water partition coefficient (Wildman–Crippen LogP) is 3.36. The van der Waals surface area contributed by atoms with Crippen molar-refractivity contribution in [2.24, 2.45) is 0 Å². The van der Waals surface area contributed by atoms with E-state index < -0.39 is 0 Å². The normalized spacial score (nSPS) is 20.0. The number of aryl methyl sites for hydroxylation is 1. The Morgan fingerprint density at radius 3 is 2.87 bits per heavy atom. The molecule has 1 aliphatic heterocycles. The molecule has 4 nitrogen and oxygen atoms in total. The molecule has 0 amide bonds. The van der Waals surface area contributed by atoms with Gasteiger partial charge in [-0.15, -0.1) is 0 Å². The molecule has 2 aromatic heterocycles. The Bertz CT molecular complexity index is 689. The van der Waals surface area contributed by atoms with Gasteiger partial charge < -0.3 is 4.90 Å². The molecule has 2 aromatic rings. The van der Waals surface area contributed by atoms with Crippen molar-refractivity contribution in [3.05, 3.63) is 35.8 Å². The van der Waals surface area contributed by atoms with Crippen LogP contribution < -0.4 is 4.90 Å². The van der Waals surface area contributed by atoms with Crippen molar-refractivity contribution in [2.75, 3.05) is 23.5 Å². The summed E-state index contributed by atoms with van der Waals surface area (Å²) in [6.07, 6.45) is 11.8. The van der Waals surface area contributed by atoms with Crippen LogP contribution in [0.15, 0.2) is 24.5 Å². The standard InChI is InChI=1S/C18H22N4S/c1-23-12-14-4-3-11-22(14)18-15-5-2-6-16(15)20-17(21-18)13-7-9-19-10-8-13/h7-10,14H,2-6,11-12H2,1H3. The molecule has 120 valence electrons. The van der Waals surface area contributed by atoms with E-state index in [1.165, 1.54) is 42.1 Å². The van der Waals surface area contributed by atoms with Crippen molar-refractivity contribution in [3.8, 4) is 11.4 Å². The lowest BCUT2D eigenvalue weighted by molar-refractivity contribution is 0.732. The van der Waals surface area contributed by atoms with Gasteiger partial charge in [-0.05, 0) is 50.5 Å². The van der Waals surface area contributed by atoms with Crippen molar-refractivity contribution >= 4 is 17.6 Å². The Kier molecular flexibility index (Phi) is 4.21. The number of thioether (sulfide) groups is 1. The lowest BCUT2D eigenvalue weighted by Gasteiger charge is -2.27. The molecule has 1 fully saturated rings. The molecular formula is C18H22N4S. The van der Waals surface area contributed by atoms with Gasteiger partial charge in [-0.25, -0.2) is 9.97 Å². The first-order valence-corrected chi connectivity index (χ1v) is 9.82. The topological polar surface area (TPSA) is 41.9 Å². The number of hydrogen-bond donors (Lipinski definition) is 0. The molecule has 0 N–H and O–H groups in total. The fourth-order valence-electron chi connectivity index (χ4n) is 3.76. The molecule has 0 saturated carbocycles. The van der Waals surface area contributed by atoms with Crippen LogP contribution in [0.5, 0.6) is 0 Å². The molecule has 4 rings (SSSR count). The summed E-state index contributed by atoms with van der Waals surface area (Å²) in [5, 5.41) is 0. The van der Waals surface area contributed by atoms with Crippen molar-refractivity contribution in [1.82, 2.24) is 15.0 Å². The first kappa shape index (κ1) is 14.9. The Morgan fingerprint density at radius 1 is 1.17 bits per heavy atom. The molecule has 0 radical (unpaired) electrons. The van der Waals surface area contributed by atoms with Crippen LogP contribution in [0, 0.1) is 0 Å². The summed E-state index contributed by atoms with van der Waals surface area (Å²) in [7, 11) is 0. The number of anilines is 1. The van der Waals surface area contributed by atoms with E-state index in [9.17, 15) is 0 Å². The number of pyridine rings is 1. The summed E-state index contributed by atoms with van der Waals surface area (Å²) in [6, 6.07) is 4.63. The van der Waals surface area contributed by atoms with Gasteiger partial charge in [0.05, 0.1) is 0 Å². The third-order valence-electron chi connectivity index (χ3n) is 4.86. The Labute approximate surface area is 141 Å². The van der Waals surface area contributed by atoms with E-state index in [0.717, 1.165) is 30.8 Å². The smallest absolute Gasteiger partial charge is 0.161 e. The monoisotopic (exact) mass is 326 g/mol. The quantitative estimate of drug-likeness (QED) is 0.862. The van der Waals surface area contributed by atoms with Gasteiger partial charge in [0, 0.05) is 47.6 Å². The van der Waals surface area contributed by atoms with Crippen molar-refractivity contribution < 1.29 is 0 Å². The van der Waals surface area contributed by atoms with E-state index >= 15 is 0 Å². The van der Waals surface area contributed by atoms with E-state index in [4.69, 9.17) is 9.97 Å². The van der Waals surface area contributed by atoms with E-state index in [1.807, 2.05) is 36.3 Å². The molecule has 2 aliphatic rings. The van der Waals surface area contributed by atoms with Crippen molar-refractivity contribution in [2.45, 2.75) is 38.1 Å². The third-order valence-corrected chi connectivity index (χ3v) is 5.58. The molecule has 23 heavy (non-hydrogen) atoms. The van der Waals surface area contributed by atoms with Crippen LogP contribution in [0.2, 0.25) is 0 Å². The number of fused-ring (bicyclic) bond motifs is 1. The minimum atomic E-state index is 0.620. The van der Waals surface area contributed by atoms with Crippen LogP contribution in [0.4, 0.5) is 5.82 Å². The molecule has 1 aliphatic carbocycles. The van der Waals surface area contributed by atoms with Crippen LogP contribution in [0.3, 0.4) is 0 Å². The Morgan fingerprint density at radius 2 is 2.04 bits per heavy atom. The summed E-state index contributed by atoms with van der Waals surface area (Å²) in [4.78, 5) is 16.5. The molecule has 0 spiro atoms. The minimum Gasteiger partial charge on any atom is -0.352 e. The molecule has 3 heterocycles. The fourth-order valence-corrected chi connectivity index (χ4v) is 4.49. The summed E-state index contributed by atoms with van der Waals surface area (Å²) >= 11 is 1.94. The second-order valence-corrected chi connectivity index (χ2v) is 7.24. The molecule has 1 saturated heterocycles. The van der Waals surface area contributed by atoms with Crippen molar-refractivity contribution in [1.29, 1.82) is 0 Å². The molecule has 1 unspecified atom stereocenters. The number of rotatable bonds is 4. The Balaban J connectivity index is 1.78. The second kappa shape index (κ2) is 6.48. The van der Waals surface area contributed by atoms with Gasteiger partial charge in [0.1, 0.15) is 5.82 Å². The maximum atomic E-state index is 5.01. The molecule has 0 aromatic carbocycles. The molecular weight excluding hydrogens is 304 g/mol. The van der Waals surface area contributed by atoms with Gasteiger partial charge >= 0.3 is 0 Å². The summed E-state index contributed by atoms with van der Waals surface area (Å²) < 4.78 is 0. The Hall–Kier alpha value is -1.62. The van der Waals surface area contributed by atoms with Crippen LogP contribution >= 0.6 is 11.8 Å². The van der Waals surface area contributed by atoms with Gasteiger partial charge in [0.25, 0.3) is 0 Å². The van der Waals surface area contributed by atoms with Crippen LogP contribution in [-0.2, 0) is 12.8 Å². The molecule has 0 bridgehead atoms. The highest BCUT2D eigenvalue weighted by Gasteiger charge is 2.30. The lowest BCUT2D eigenvalue weighted by atomic mass is 10.2. The van der Waals surface area contributed by atoms with Gasteiger partial charge in [-0.3, -0.25) is 4.98 Å². The van der Waals surface area contributed by atoms with Crippen LogP contribution in [-0.4, -0.2) is 39.5 Å². The zero-order valence-corrected chi connectivity index (χ0v) is 14.4. The third kappa shape index (κ3) is 2.82. The minimum absolute atomic E-state index is 0.620. The lowest BCUT2D eigenvalue weighted by Crippen LogP contribution is -2.33. The zero-order valence-electron chi connectivity index (χ0n) is 13.5. The number of aromatic nitrogens is 3. The van der Waals surface area contributed by atoms with E-state index in [-0.39, 0.29) is 0 Å². The SMILES string of the molecule is CSCC1CCCN1c1nc(-c2ccncc2)nc2c1CCC2. The largest absolute Gasteiger partial charge is 0.352 e. The second-order valence-electron chi connectivity index (χ2n) is 6.33. The van der Waals surface area contributed by atoms with Crippen LogP contribution in [0.25, 0.3) is 11.4 Å². The highest BCUT2D eigenvalue weighted by molar-refractivity contribution is 7.98. The van der Waals surface area contributed by atoms with Gasteiger partial charge in [0.2, 0.25) is 0 Å². The highest BCUT2D eigenvalue weighted by Crippen LogP contribution is 2.35. The summed E-state index contributed by atoms with van der Waals surface area (Å²) in [6.45, 7) is 1.13. The van der Waals surface area contributed by atoms with E-state index in [1.54, 1.807) is 0 Å². The average molecular weight is 326 g/mol. The molecule has 5 heteroatoms. The zero-order chi connectivity index (χ0) is 15.6. The van der Waals surface area contributed by atoms with Gasteiger partial charge in [0.15, 0.2) is 5.82 Å². The first-order chi connectivity index (χ1) is 11.4. The maximum absolute atomic E-state index is 5.01. The predicted molar refractivity (Wildman–Crippen MR) is 96.0 cm³/mol. The fraction of sp³-hybridized carbons (Fsp3) is 0.500. The van der Waals surface area contributed by atoms with Crippen molar-refractivity contribution in [3.63, 3.8) is 0 Å². The number of hydrogen-bond acceptors (Lipinski definition) is 5. The highest BCUT2D eigenvalue weighted by atomic mass is 32.2. The van der Waals surface area contributed by atoms with E-state index in [0.29, 0.717) is 6.04 Å². The first-order valence-electron chi connectivity index (χ1n) is 8.42. The number of nitrogens with zero attached hydrogens (tertiary/aromatic N) is 4. The van der Waals surface area contributed by atoms with Crippen LogP contribution in [0.1, 0.15) is 30.5 Å². The van der Waals surface area contributed by atoms with Gasteiger partial charge in [-0.1, -0.05) is 0 Å². The summed E-state index contributed by atoms with van der Waals surface area (Å²) in [5.74, 6) is 3.25. The van der Waals surface area contributed by atoms with E-state index in [2.05, 4.69) is 16.1 Å². The van der Waals surface area contributed by atoms with Gasteiger partial charge in [-0.2, -0.15) is 11.8 Å². The maximum Gasteiger partial charge on any atom is 0.161 e. The molecule has 1 atom stereocenters. The summed E-state index contributed by atoms with van der Waals surface area (Å²) in [5.41, 5.74) is 3.73. The average Bonchev–Trinajstić information content (AvgIpc) is 3.24.